The van der Waals surface area contributed by atoms with Crippen molar-refractivity contribution in [1.82, 2.24) is 15.1 Å². The Morgan fingerprint density at radius 3 is 3.10 bits per heavy atom. The largest absolute Gasteiger partial charge is 0.454 e. The van der Waals surface area contributed by atoms with Gasteiger partial charge in [0.1, 0.15) is 5.76 Å². The van der Waals surface area contributed by atoms with E-state index in [1.165, 1.54) is 0 Å². The lowest BCUT2D eigenvalue weighted by atomic mass is 10.1. The molecule has 2 aromatic rings. The Morgan fingerprint density at radius 2 is 2.38 bits per heavy atom. The third-order valence-electron chi connectivity index (χ3n) is 3.91. The van der Waals surface area contributed by atoms with Crippen molar-refractivity contribution in [3.8, 4) is 0 Å². The minimum Gasteiger partial charge on any atom is -0.454 e. The molecule has 21 heavy (non-hydrogen) atoms. The Bertz CT molecular complexity index is 591. The van der Waals surface area contributed by atoms with Gasteiger partial charge in [-0.05, 0) is 31.0 Å². The molecule has 112 valence electrons. The zero-order valence-electron chi connectivity index (χ0n) is 11.7. The van der Waals surface area contributed by atoms with Crippen LogP contribution < -0.4 is 5.32 Å². The highest BCUT2D eigenvalue weighted by atomic mass is 16.4. The zero-order chi connectivity index (χ0) is 14.7. The first-order chi connectivity index (χ1) is 10.2. The molecule has 2 N–H and O–H groups in total. The first-order valence-electron chi connectivity index (χ1n) is 7.25. The number of rotatable bonds is 5. The van der Waals surface area contributed by atoms with Gasteiger partial charge in [-0.3, -0.25) is 9.48 Å². The number of aliphatic hydroxyl groups is 1. The summed E-state index contributed by atoms with van der Waals surface area (Å²) in [6.07, 6.45) is 6.06. The van der Waals surface area contributed by atoms with Crippen LogP contribution in [0.3, 0.4) is 0 Å². The van der Waals surface area contributed by atoms with Gasteiger partial charge in [0.2, 0.25) is 0 Å². The Balaban J connectivity index is 1.54. The highest BCUT2D eigenvalue weighted by molar-refractivity contribution is 5.91. The summed E-state index contributed by atoms with van der Waals surface area (Å²) in [7, 11) is 0. The Labute approximate surface area is 122 Å². The van der Waals surface area contributed by atoms with Crippen LogP contribution in [-0.2, 0) is 6.54 Å². The molecular formula is C15H19N3O3. The van der Waals surface area contributed by atoms with Crippen LogP contribution in [0.2, 0.25) is 0 Å². The van der Waals surface area contributed by atoms with Crippen LogP contribution in [-0.4, -0.2) is 33.4 Å². The van der Waals surface area contributed by atoms with Gasteiger partial charge < -0.3 is 14.8 Å². The van der Waals surface area contributed by atoms with Crippen LogP contribution >= 0.6 is 0 Å². The number of furan rings is 1. The molecule has 3 rings (SSSR count). The predicted molar refractivity (Wildman–Crippen MR) is 75.7 cm³/mol. The molecule has 0 radical (unpaired) electrons. The molecule has 6 heteroatoms. The van der Waals surface area contributed by atoms with Gasteiger partial charge in [0.05, 0.1) is 12.6 Å². The molecule has 1 aliphatic rings. The van der Waals surface area contributed by atoms with Crippen LogP contribution in [0, 0.1) is 5.92 Å². The van der Waals surface area contributed by atoms with Crippen LogP contribution in [0.15, 0.2) is 35.0 Å². The molecule has 1 aliphatic carbocycles. The maximum atomic E-state index is 12.0. The van der Waals surface area contributed by atoms with Crippen molar-refractivity contribution in [3.05, 3.63) is 42.1 Å². The number of nitrogens with zero attached hydrogens (tertiary/aromatic N) is 2. The second kappa shape index (κ2) is 6.13. The predicted octanol–water partition coefficient (Wildman–Crippen LogP) is 1.42. The second-order valence-electron chi connectivity index (χ2n) is 5.44. The molecule has 0 spiro atoms. The van der Waals surface area contributed by atoms with Crippen LogP contribution in [0.5, 0.6) is 0 Å². The van der Waals surface area contributed by atoms with E-state index in [0.717, 1.165) is 19.3 Å². The Morgan fingerprint density at radius 1 is 1.48 bits per heavy atom. The summed E-state index contributed by atoms with van der Waals surface area (Å²) < 4.78 is 7.26. The highest BCUT2D eigenvalue weighted by Crippen LogP contribution is 2.24. The summed E-state index contributed by atoms with van der Waals surface area (Å²) in [5.74, 6) is 0.905. The normalized spacial score (nSPS) is 21.6. The summed E-state index contributed by atoms with van der Waals surface area (Å²) in [5.41, 5.74) is 0. The summed E-state index contributed by atoms with van der Waals surface area (Å²) in [6.45, 7) is 0.997. The lowest BCUT2D eigenvalue weighted by molar-refractivity contribution is 0.0888. The molecule has 0 saturated heterocycles. The minimum absolute atomic E-state index is 0.160. The molecular weight excluding hydrogens is 270 g/mol. The summed E-state index contributed by atoms with van der Waals surface area (Å²) in [4.78, 5) is 12.0. The zero-order valence-corrected chi connectivity index (χ0v) is 11.7. The van der Waals surface area contributed by atoms with Crippen LogP contribution in [0.25, 0.3) is 0 Å². The third-order valence-corrected chi connectivity index (χ3v) is 3.91. The number of aromatic nitrogens is 2. The lowest BCUT2D eigenvalue weighted by Crippen LogP contribution is -2.32. The molecule has 1 fully saturated rings. The number of carbonyl (C=O) groups is 1. The number of hydrogen-bond acceptors (Lipinski definition) is 4. The molecule has 2 atom stereocenters. The summed E-state index contributed by atoms with van der Waals surface area (Å²) in [5, 5.41) is 16.7. The Hall–Kier alpha value is -2.08. The van der Waals surface area contributed by atoms with Crippen molar-refractivity contribution >= 4 is 5.91 Å². The molecule has 0 aromatic carbocycles. The Kier molecular flexibility index (Phi) is 4.06. The van der Waals surface area contributed by atoms with Gasteiger partial charge >= 0.3 is 0 Å². The summed E-state index contributed by atoms with van der Waals surface area (Å²) in [6, 6.07) is 5.28. The summed E-state index contributed by atoms with van der Waals surface area (Å²) >= 11 is 0. The number of aliphatic hydroxyl groups excluding tert-OH is 1. The van der Waals surface area contributed by atoms with Crippen molar-refractivity contribution < 1.29 is 14.3 Å². The van der Waals surface area contributed by atoms with E-state index in [-0.39, 0.29) is 17.9 Å². The van der Waals surface area contributed by atoms with Gasteiger partial charge in [-0.1, -0.05) is 6.42 Å². The van der Waals surface area contributed by atoms with Crippen molar-refractivity contribution in [2.45, 2.75) is 31.9 Å². The molecule has 6 nitrogen and oxygen atoms in total. The monoisotopic (exact) mass is 289 g/mol. The van der Waals surface area contributed by atoms with E-state index in [9.17, 15) is 9.90 Å². The van der Waals surface area contributed by atoms with E-state index in [4.69, 9.17) is 4.42 Å². The number of nitrogens with one attached hydrogen (secondary N) is 1. The molecule has 0 bridgehead atoms. The van der Waals surface area contributed by atoms with Gasteiger partial charge in [-0.2, -0.15) is 5.10 Å². The topological polar surface area (TPSA) is 80.3 Å². The van der Waals surface area contributed by atoms with Crippen molar-refractivity contribution in [2.75, 3.05) is 6.54 Å². The maximum Gasteiger partial charge on any atom is 0.287 e. The quantitative estimate of drug-likeness (QED) is 0.872. The second-order valence-corrected chi connectivity index (χ2v) is 5.44. The number of hydrogen-bond donors (Lipinski definition) is 2. The molecule has 1 saturated carbocycles. The van der Waals surface area contributed by atoms with Gasteiger partial charge in [0.15, 0.2) is 5.76 Å². The molecule has 2 aromatic heterocycles. The average Bonchev–Trinajstić information content (AvgIpc) is 3.19. The van der Waals surface area contributed by atoms with Crippen molar-refractivity contribution in [3.63, 3.8) is 0 Å². The first-order valence-corrected chi connectivity index (χ1v) is 7.25. The smallest absolute Gasteiger partial charge is 0.287 e. The van der Waals surface area contributed by atoms with E-state index < -0.39 is 0 Å². The standard InChI is InChI=1S/C15H19N3O3/c19-13-4-1-3-11(13)9-16-15(20)14-6-5-12(21-14)10-18-8-2-7-17-18/h2,5-8,11,13,19H,1,3-4,9-10H2,(H,16,20). The first kappa shape index (κ1) is 13.9. The van der Waals surface area contributed by atoms with E-state index in [0.29, 0.717) is 24.6 Å². The van der Waals surface area contributed by atoms with Crippen molar-refractivity contribution in [1.29, 1.82) is 0 Å². The third kappa shape index (κ3) is 3.33. The van der Waals surface area contributed by atoms with Crippen molar-refractivity contribution in [2.24, 2.45) is 5.92 Å². The van der Waals surface area contributed by atoms with E-state index in [1.54, 1.807) is 23.0 Å². The van der Waals surface area contributed by atoms with E-state index in [2.05, 4.69) is 10.4 Å². The number of amides is 1. The molecule has 1 amide bonds. The minimum atomic E-state index is -0.294. The lowest BCUT2D eigenvalue weighted by Gasteiger charge is -2.14. The van der Waals surface area contributed by atoms with Gasteiger partial charge in [-0.25, -0.2) is 0 Å². The maximum absolute atomic E-state index is 12.0. The fraction of sp³-hybridized carbons (Fsp3) is 0.467. The SMILES string of the molecule is O=C(NCC1CCCC1O)c1ccc(Cn2cccn2)o1. The van der Waals surface area contributed by atoms with Crippen LogP contribution in [0.4, 0.5) is 0 Å². The van der Waals surface area contributed by atoms with Crippen LogP contribution in [0.1, 0.15) is 35.6 Å². The van der Waals surface area contributed by atoms with Gasteiger partial charge in [0.25, 0.3) is 5.91 Å². The molecule has 0 aliphatic heterocycles. The highest BCUT2D eigenvalue weighted by Gasteiger charge is 2.25. The molecule has 2 heterocycles. The number of carbonyl (C=O) groups excluding carboxylic acids is 1. The van der Waals surface area contributed by atoms with E-state index in [1.807, 2.05) is 12.3 Å². The fourth-order valence-corrected chi connectivity index (χ4v) is 2.70. The van der Waals surface area contributed by atoms with Gasteiger partial charge in [-0.15, -0.1) is 0 Å². The molecule has 2 unspecified atom stereocenters. The van der Waals surface area contributed by atoms with E-state index >= 15 is 0 Å². The van der Waals surface area contributed by atoms with Gasteiger partial charge in [0, 0.05) is 24.9 Å². The average molecular weight is 289 g/mol. The fourth-order valence-electron chi connectivity index (χ4n) is 2.70.